The number of amides is 1. The number of rotatable bonds is 12. The first kappa shape index (κ1) is 37.7. The van der Waals surface area contributed by atoms with Gasteiger partial charge in [0, 0.05) is 41.4 Å². The molecule has 1 aromatic heterocycles. The Hall–Kier alpha value is -3.11. The molecule has 4 rings (SSSR count). The first-order valence-electron chi connectivity index (χ1n) is 15.7. The Bertz CT molecular complexity index is 1650. The van der Waals surface area contributed by atoms with Crippen molar-refractivity contribution in [2.24, 2.45) is 5.41 Å². The van der Waals surface area contributed by atoms with Crippen molar-refractivity contribution in [1.29, 1.82) is 5.26 Å². The summed E-state index contributed by atoms with van der Waals surface area (Å²) in [6.45, 7) is 10.6. The van der Waals surface area contributed by atoms with Gasteiger partial charge in [0.15, 0.2) is 5.82 Å². The number of ether oxygens (including phenoxy) is 1. The summed E-state index contributed by atoms with van der Waals surface area (Å²) in [6, 6.07) is 10.4. The van der Waals surface area contributed by atoms with E-state index < -0.39 is 52.7 Å². The molecular formula is C35H44Cl2F2N6O3. The highest BCUT2D eigenvalue weighted by Gasteiger charge is 2.61. The number of anilines is 1. The average Bonchev–Trinajstić information content (AvgIpc) is 3.53. The SMILES string of the molecule is CN(C)C[C@H](O)COC(C)(C)Cn1ccc(NC(=O)[C@@H]2N[C@@H](CC(C)(C)C)[C@](C#N)(c3ccc(Cl)cc3F)[C@H]2c2cccc(Cl)c2F)n1. The number of aliphatic hydroxyl groups is 1. The number of carbonyl (C=O) groups excluding carboxylic acids is 1. The van der Waals surface area contributed by atoms with E-state index in [0.29, 0.717) is 19.5 Å². The van der Waals surface area contributed by atoms with E-state index in [1.807, 2.05) is 53.6 Å². The predicted octanol–water partition coefficient (Wildman–Crippen LogP) is 6.15. The number of aromatic nitrogens is 2. The molecule has 0 saturated carbocycles. The second kappa shape index (κ2) is 14.8. The molecule has 1 amide bonds. The van der Waals surface area contributed by atoms with Crippen LogP contribution in [0.2, 0.25) is 10.0 Å². The number of hydrogen-bond donors (Lipinski definition) is 3. The highest BCUT2D eigenvalue weighted by atomic mass is 35.5. The second-order valence-electron chi connectivity index (χ2n) is 14.6. The van der Waals surface area contributed by atoms with Crippen molar-refractivity contribution >= 4 is 34.9 Å². The van der Waals surface area contributed by atoms with Crippen LogP contribution in [0.5, 0.6) is 0 Å². The molecule has 260 valence electrons. The van der Waals surface area contributed by atoms with Crippen LogP contribution in [-0.4, -0.2) is 76.7 Å². The Balaban J connectivity index is 1.71. The van der Waals surface area contributed by atoms with Gasteiger partial charge < -0.3 is 25.4 Å². The molecule has 13 heteroatoms. The zero-order valence-electron chi connectivity index (χ0n) is 28.3. The largest absolute Gasteiger partial charge is 0.389 e. The van der Waals surface area contributed by atoms with Gasteiger partial charge in [0.25, 0.3) is 0 Å². The third kappa shape index (κ3) is 8.54. The van der Waals surface area contributed by atoms with Crippen molar-refractivity contribution in [1.82, 2.24) is 20.0 Å². The van der Waals surface area contributed by atoms with Crippen molar-refractivity contribution in [2.75, 3.05) is 32.6 Å². The van der Waals surface area contributed by atoms with E-state index in [2.05, 4.69) is 21.8 Å². The first-order chi connectivity index (χ1) is 22.4. The lowest BCUT2D eigenvalue weighted by Gasteiger charge is -2.37. The van der Waals surface area contributed by atoms with Crippen molar-refractivity contribution < 1.29 is 23.4 Å². The summed E-state index contributed by atoms with van der Waals surface area (Å²) in [7, 11) is 3.73. The van der Waals surface area contributed by atoms with E-state index in [1.54, 1.807) is 16.9 Å². The minimum absolute atomic E-state index is 0.00182. The van der Waals surface area contributed by atoms with E-state index in [0.717, 1.165) is 6.07 Å². The Kier molecular flexibility index (Phi) is 11.6. The van der Waals surface area contributed by atoms with Crippen molar-refractivity contribution in [3.05, 3.63) is 81.5 Å². The van der Waals surface area contributed by atoms with Crippen LogP contribution in [0.4, 0.5) is 14.6 Å². The maximum atomic E-state index is 15.9. The van der Waals surface area contributed by atoms with Crippen LogP contribution in [0.25, 0.3) is 0 Å². The van der Waals surface area contributed by atoms with E-state index in [9.17, 15) is 15.2 Å². The van der Waals surface area contributed by atoms with Gasteiger partial charge in [0.2, 0.25) is 5.91 Å². The fraction of sp³-hybridized carbons (Fsp3) is 0.514. The molecule has 0 unspecified atom stereocenters. The maximum absolute atomic E-state index is 15.9. The summed E-state index contributed by atoms with van der Waals surface area (Å²) in [5.74, 6) is -3.10. The van der Waals surface area contributed by atoms with Crippen LogP contribution in [0.1, 0.15) is 58.1 Å². The predicted molar refractivity (Wildman–Crippen MR) is 183 cm³/mol. The van der Waals surface area contributed by atoms with Gasteiger partial charge in [-0.25, -0.2) is 8.78 Å². The van der Waals surface area contributed by atoms with Gasteiger partial charge in [0.05, 0.1) is 42.0 Å². The molecule has 1 aliphatic rings. The minimum atomic E-state index is -1.74. The van der Waals surface area contributed by atoms with E-state index in [4.69, 9.17) is 27.9 Å². The Morgan fingerprint density at radius 2 is 1.92 bits per heavy atom. The van der Waals surface area contributed by atoms with Gasteiger partial charge in [0.1, 0.15) is 17.0 Å². The smallest absolute Gasteiger partial charge is 0.243 e. The molecule has 0 aliphatic carbocycles. The fourth-order valence-corrected chi connectivity index (χ4v) is 6.85. The summed E-state index contributed by atoms with van der Waals surface area (Å²) >= 11 is 12.3. The number of benzene rings is 2. The van der Waals surface area contributed by atoms with Gasteiger partial charge >= 0.3 is 0 Å². The Morgan fingerprint density at radius 1 is 1.21 bits per heavy atom. The molecular weight excluding hydrogens is 661 g/mol. The van der Waals surface area contributed by atoms with Gasteiger partial charge in [-0.3, -0.25) is 9.48 Å². The number of nitriles is 1. The zero-order valence-corrected chi connectivity index (χ0v) is 29.8. The summed E-state index contributed by atoms with van der Waals surface area (Å²) in [4.78, 5) is 16.0. The molecule has 3 N–H and O–H groups in total. The number of halogens is 4. The van der Waals surface area contributed by atoms with Crippen LogP contribution >= 0.6 is 23.2 Å². The summed E-state index contributed by atoms with van der Waals surface area (Å²) in [5, 5.41) is 31.8. The fourth-order valence-electron chi connectivity index (χ4n) is 6.51. The van der Waals surface area contributed by atoms with Crippen molar-refractivity contribution in [3.8, 4) is 6.07 Å². The van der Waals surface area contributed by atoms with E-state index >= 15 is 8.78 Å². The number of nitrogens with zero attached hydrogens (tertiary/aromatic N) is 4. The molecule has 1 fully saturated rings. The Morgan fingerprint density at radius 3 is 2.54 bits per heavy atom. The summed E-state index contributed by atoms with van der Waals surface area (Å²) in [6.07, 6.45) is 1.36. The van der Waals surface area contributed by atoms with Crippen LogP contribution in [0.15, 0.2) is 48.7 Å². The molecule has 1 saturated heterocycles. The van der Waals surface area contributed by atoms with E-state index in [-0.39, 0.29) is 39.0 Å². The maximum Gasteiger partial charge on any atom is 0.243 e. The van der Waals surface area contributed by atoms with E-state index in [1.165, 1.54) is 30.3 Å². The van der Waals surface area contributed by atoms with Gasteiger partial charge in [-0.05, 0) is 63.5 Å². The number of carbonyl (C=O) groups is 1. The number of aliphatic hydroxyl groups excluding tert-OH is 1. The van der Waals surface area contributed by atoms with Crippen LogP contribution in [0, 0.1) is 28.4 Å². The topological polar surface area (TPSA) is 115 Å². The molecule has 0 spiro atoms. The van der Waals surface area contributed by atoms with Crippen LogP contribution in [0.3, 0.4) is 0 Å². The first-order valence-corrected chi connectivity index (χ1v) is 16.5. The van der Waals surface area contributed by atoms with Gasteiger partial charge in [-0.15, -0.1) is 0 Å². The molecule has 3 aromatic rings. The lowest BCUT2D eigenvalue weighted by atomic mass is 9.62. The monoisotopic (exact) mass is 704 g/mol. The summed E-state index contributed by atoms with van der Waals surface area (Å²) < 4.78 is 39.3. The quantitative estimate of drug-likeness (QED) is 0.207. The molecule has 5 atom stereocenters. The third-order valence-corrected chi connectivity index (χ3v) is 8.94. The Labute approximate surface area is 291 Å². The normalized spacial score (nSPS) is 22.1. The molecule has 48 heavy (non-hydrogen) atoms. The minimum Gasteiger partial charge on any atom is -0.389 e. The molecule has 2 aromatic carbocycles. The van der Waals surface area contributed by atoms with Gasteiger partial charge in [-0.1, -0.05) is 62.2 Å². The van der Waals surface area contributed by atoms with Crippen LogP contribution < -0.4 is 10.6 Å². The molecule has 1 aliphatic heterocycles. The number of nitrogens with one attached hydrogen (secondary N) is 2. The second-order valence-corrected chi connectivity index (χ2v) is 15.4. The average molecular weight is 706 g/mol. The number of hydrogen-bond acceptors (Lipinski definition) is 7. The van der Waals surface area contributed by atoms with Gasteiger partial charge in [-0.2, -0.15) is 10.4 Å². The lowest BCUT2D eigenvalue weighted by molar-refractivity contribution is -0.118. The molecule has 0 bridgehead atoms. The standard InChI is InChI=1S/C35H44Cl2F2N6O3/c1-33(2,3)16-27-35(19-40,24-12-11-21(36)15-26(24)38)29(23-9-8-10-25(37)30(23)39)31(41-27)32(47)42-28-13-14-45(43-28)20-34(4,5)48-18-22(46)17-44(6)7/h8-15,22,27,29,31,41,46H,16-18,20H2,1-7H3,(H,42,43,47)/t22-,27-,29-,31+,35-/m0/s1. The molecule has 0 radical (unpaired) electrons. The van der Waals surface area contributed by atoms with Crippen molar-refractivity contribution in [2.45, 2.75) is 82.7 Å². The molecule has 9 nitrogen and oxygen atoms in total. The molecule has 2 heterocycles. The zero-order chi connectivity index (χ0) is 35.6. The highest BCUT2D eigenvalue weighted by Crippen LogP contribution is 2.52. The van der Waals surface area contributed by atoms with Crippen molar-refractivity contribution in [3.63, 3.8) is 0 Å². The number of likely N-dealkylation sites (N-methyl/N-ethyl adjacent to an activating group) is 1. The summed E-state index contributed by atoms with van der Waals surface area (Å²) in [5.41, 5.74) is -2.81. The highest BCUT2D eigenvalue weighted by molar-refractivity contribution is 6.31. The third-order valence-electron chi connectivity index (χ3n) is 8.41. The lowest BCUT2D eigenvalue weighted by Crippen LogP contribution is -2.45. The van der Waals surface area contributed by atoms with Crippen LogP contribution in [-0.2, 0) is 21.5 Å².